The van der Waals surface area contributed by atoms with E-state index in [0.717, 1.165) is 144 Å². The third-order valence-corrected chi connectivity index (χ3v) is 28.6. The number of nitrogens with one attached hydrogen (secondary N) is 4. The Morgan fingerprint density at radius 3 is 1.83 bits per heavy atom. The highest BCUT2D eigenvalue weighted by Crippen LogP contribution is 2.45. The fraction of sp³-hybridized carbons (Fsp3) is 0.484. The van der Waals surface area contributed by atoms with Crippen LogP contribution < -0.4 is 31.7 Å². The molecule has 0 spiro atoms. The van der Waals surface area contributed by atoms with Crippen LogP contribution in [0, 0.1) is 24.2 Å². The Bertz CT molecular complexity index is 5800. The summed E-state index contributed by atoms with van der Waals surface area (Å²) in [6, 6.07) is 31.1. The molecule has 4 aromatic carbocycles. The Morgan fingerprint density at radius 2 is 1.20 bits per heavy atom. The smallest absolute Gasteiger partial charge is 0.254 e. The Hall–Kier alpha value is -11.4. The van der Waals surface area contributed by atoms with E-state index in [1.54, 1.807) is 35.6 Å². The highest BCUT2D eigenvalue weighted by atomic mass is 32.1. The van der Waals surface area contributed by atoms with Crippen molar-refractivity contribution < 1.29 is 53.7 Å². The summed E-state index contributed by atoms with van der Waals surface area (Å²) in [4.78, 5) is 92.9. The number of para-hydroxylation sites is 1. The minimum absolute atomic E-state index is 0.0160. The van der Waals surface area contributed by atoms with E-state index < -0.39 is 59.5 Å². The number of nitrogens with two attached hydrogens (primary N) is 1. The molecule has 6 aliphatic heterocycles. The lowest BCUT2D eigenvalue weighted by Crippen LogP contribution is -2.59. The van der Waals surface area contributed by atoms with Crippen LogP contribution >= 0.6 is 22.7 Å². The van der Waals surface area contributed by atoms with Crippen molar-refractivity contribution in [1.82, 2.24) is 95.5 Å². The molecular formula is C93H113N21O11S2. The number of piperidine rings is 3. The summed E-state index contributed by atoms with van der Waals surface area (Å²) >= 11 is 3.10. The molecule has 0 aliphatic carbocycles. The lowest BCUT2D eigenvalue weighted by atomic mass is 9.85. The minimum atomic E-state index is -0.961. The van der Waals surface area contributed by atoms with E-state index in [1.165, 1.54) is 21.1 Å². The maximum Gasteiger partial charge on any atom is 0.254 e. The van der Waals surface area contributed by atoms with Gasteiger partial charge in [-0.3, -0.25) is 43.1 Å². The number of fused-ring (bicyclic) bond motifs is 4. The first-order valence-corrected chi connectivity index (χ1v) is 46.2. The monoisotopic (exact) mass is 1760 g/mol. The molecule has 668 valence electrons. The number of rotatable bonds is 28. The number of likely N-dealkylation sites (tertiary alicyclic amines) is 4. The van der Waals surface area contributed by atoms with Gasteiger partial charge in [-0.05, 0) is 172 Å². The second-order valence-electron chi connectivity index (χ2n) is 36.7. The Kier molecular flexibility index (Phi) is 25.6. The summed E-state index contributed by atoms with van der Waals surface area (Å²) < 4.78 is 16.2. The molecule has 34 heteroatoms. The number of nitrogens with zero attached hydrogens (tertiary/aromatic N) is 16. The molecule has 0 radical (unpaired) electrons. The van der Waals surface area contributed by atoms with Crippen molar-refractivity contribution in [2.45, 2.75) is 199 Å². The summed E-state index contributed by atoms with van der Waals surface area (Å²) in [6.07, 6.45) is 6.15. The lowest BCUT2D eigenvalue weighted by Gasteiger charge is -2.39. The normalized spacial score (nSPS) is 21.4. The molecule has 6 aliphatic rings. The molecule has 17 rings (SSSR count). The number of aryl methyl sites for hydroxylation is 1. The number of anilines is 2. The van der Waals surface area contributed by atoms with Gasteiger partial charge in [-0.2, -0.15) is 10.2 Å². The Labute approximate surface area is 745 Å². The number of hydrogen-bond acceptors (Lipinski definition) is 27. The number of aliphatic hydroxyl groups excluding tert-OH is 2. The number of amides is 5. The zero-order valence-electron chi connectivity index (χ0n) is 73.2. The van der Waals surface area contributed by atoms with Crippen LogP contribution in [0.4, 0.5) is 11.6 Å². The third kappa shape index (κ3) is 18.7. The summed E-state index contributed by atoms with van der Waals surface area (Å²) in [7, 11) is 1.82. The zero-order chi connectivity index (χ0) is 88.8. The van der Waals surface area contributed by atoms with Gasteiger partial charge in [0.25, 0.3) is 5.88 Å². The van der Waals surface area contributed by atoms with Crippen molar-refractivity contribution in [3.05, 3.63) is 154 Å². The SMILES string of the molecule is CNc1nn(C2CC3CCC(C2)N3CCOc2cc(C(C(=O)N3C[C@H](O)C[C@H]3C(=O)N[C@@H](C)c3ccc(-c4scnc4C)cc3)C(C)C)on2)c2cc(-c3cc(Cc4ncsc4-c4ccc([C@H](C)NC(=O)[C@@H]5C[C@@H](O)CN5C(=O)[C@@H](NC(=O)CN5CCC(CN6CCC(n7nc(N)c8nnc(-c9ccccc9O)cc87)CC6)CC5)C(C)(C)C)cc4)ccc3O)nnc12. The first kappa shape index (κ1) is 87.7. The second-order valence-corrected chi connectivity index (χ2v) is 38.4. The van der Waals surface area contributed by atoms with E-state index in [0.29, 0.717) is 76.4 Å². The number of aliphatic hydroxyl groups is 2. The highest BCUT2D eigenvalue weighted by molar-refractivity contribution is 7.13. The predicted molar refractivity (Wildman–Crippen MR) is 483 cm³/mol. The summed E-state index contributed by atoms with van der Waals surface area (Å²) in [6.45, 7) is 20.6. The van der Waals surface area contributed by atoms with Crippen molar-refractivity contribution in [3.63, 3.8) is 0 Å². The fourth-order valence-electron chi connectivity index (χ4n) is 19.8. The lowest BCUT2D eigenvalue weighted by molar-refractivity contribution is -0.144. The van der Waals surface area contributed by atoms with Gasteiger partial charge in [0.1, 0.15) is 42.1 Å². The molecule has 0 saturated carbocycles. The van der Waals surface area contributed by atoms with Crippen LogP contribution in [0.5, 0.6) is 17.4 Å². The van der Waals surface area contributed by atoms with Crippen LogP contribution in [0.1, 0.15) is 177 Å². The number of aromatic hydroxyl groups is 2. The molecule has 2 bridgehead atoms. The predicted octanol–water partition coefficient (Wildman–Crippen LogP) is 11.0. The Morgan fingerprint density at radius 1 is 0.622 bits per heavy atom. The molecule has 7 aromatic heterocycles. The quantitative estimate of drug-likeness (QED) is 0.0220. The van der Waals surface area contributed by atoms with Gasteiger partial charge in [-0.25, -0.2) is 9.97 Å². The molecule has 32 nitrogen and oxygen atoms in total. The average molecular weight is 1770 g/mol. The number of phenols is 2. The van der Waals surface area contributed by atoms with Crippen LogP contribution in [-0.4, -0.2) is 245 Å². The summed E-state index contributed by atoms with van der Waals surface area (Å²) in [5, 5.41) is 88.8. The molecule has 10 atom stereocenters. The number of phenolic OH excluding ortho intramolecular Hbond substituents is 2. The molecule has 13 heterocycles. The summed E-state index contributed by atoms with van der Waals surface area (Å²) in [5.41, 5.74) is 20.6. The third-order valence-electron chi connectivity index (χ3n) is 26.7. The van der Waals surface area contributed by atoms with Gasteiger partial charge in [0, 0.05) is 94.9 Å². The highest BCUT2D eigenvalue weighted by Gasteiger charge is 2.48. The number of thiazole rings is 2. The van der Waals surface area contributed by atoms with E-state index in [-0.39, 0.29) is 104 Å². The molecule has 127 heavy (non-hydrogen) atoms. The number of carbonyl (C=O) groups excluding carboxylic acids is 5. The first-order chi connectivity index (χ1) is 61.1. The maximum atomic E-state index is 14.7. The fourth-order valence-corrected chi connectivity index (χ4v) is 21.5. The van der Waals surface area contributed by atoms with E-state index in [4.69, 9.17) is 35.3 Å². The number of carbonyl (C=O) groups is 5. The van der Waals surface area contributed by atoms with E-state index in [9.17, 15) is 44.4 Å². The number of benzene rings is 4. The van der Waals surface area contributed by atoms with E-state index in [1.807, 2.05) is 163 Å². The molecule has 3 unspecified atom stereocenters. The number of β-amino-alcohol motifs (C(OH)–C–C–N with tert-alkyl or cyclic N) is 2. The molecule has 11 aromatic rings. The number of aromatic nitrogens is 11. The molecule has 5 amide bonds. The van der Waals surface area contributed by atoms with Gasteiger partial charge in [0.2, 0.25) is 29.5 Å². The van der Waals surface area contributed by atoms with Crippen LogP contribution in [0.25, 0.3) is 65.5 Å². The van der Waals surface area contributed by atoms with Gasteiger partial charge in [-0.15, -0.1) is 43.1 Å². The standard InChI is InChI=1S/C93H113N21O11S2/c1-51(2)81(91(122)111-46-65(115)40-74(111)89(120)98-52(3)57-15-19-59(20-16-57)84-54(5)96-49-126-84)78-44-80(107-125-78)124-35-34-110-62-23-24-63(110)39-64(38-62)114-73-43-70(102-104-83(73)88(95-9)106-114)68-36-56(14-25-77(68)118)37-71-85(127-50-97-71)60-21-17-58(18-22-60)53(4)99-90(121)75-41-66(116)47-112(75)92(123)86(93(6,7)8)100-79(119)48-109-30-26-55(27-31-109)45-108-32-28-61(29-33-108)113-72-42-69(67-12-10-11-13-76(67)117)101-103-82(72)87(94)105-113/h10-22,25,36,42-44,49-53,55,61-66,74-75,81,86,115-118H,23-24,26-35,37-41,45-48H2,1-9H3,(H2,94,105)(H,95,106)(H,98,120)(H,99,121)(H,100,119)/t52-,53-,62?,63?,64?,65+,66+,74-,75-,81?,86+/m0/s1. The Balaban J connectivity index is 0.473. The van der Waals surface area contributed by atoms with Crippen LogP contribution in [0.15, 0.2) is 125 Å². The van der Waals surface area contributed by atoms with E-state index in [2.05, 4.69) is 66.1 Å². The number of hydrogen-bond donors (Lipinski definition) is 9. The molecule has 6 saturated heterocycles. The minimum Gasteiger partial charge on any atom is -0.507 e. The van der Waals surface area contributed by atoms with Crippen LogP contribution in [0.3, 0.4) is 0 Å². The number of ether oxygens (including phenoxy) is 1. The second kappa shape index (κ2) is 37.1. The van der Waals surface area contributed by atoms with Gasteiger partial charge >= 0.3 is 0 Å². The van der Waals surface area contributed by atoms with Gasteiger partial charge in [0.15, 0.2) is 28.4 Å². The summed E-state index contributed by atoms with van der Waals surface area (Å²) in [5.74, 6) is -0.587. The molecular weight excluding hydrogens is 1650 g/mol. The van der Waals surface area contributed by atoms with Crippen LogP contribution in [-0.2, 0) is 30.4 Å². The van der Waals surface area contributed by atoms with Gasteiger partial charge < -0.3 is 71.4 Å². The molecule has 6 fully saturated rings. The number of nitrogen functional groups attached to an aromatic ring is 1. The van der Waals surface area contributed by atoms with Crippen molar-refractivity contribution in [2.24, 2.45) is 17.3 Å². The van der Waals surface area contributed by atoms with E-state index >= 15 is 0 Å². The van der Waals surface area contributed by atoms with Gasteiger partial charge in [0.05, 0.1) is 97.5 Å². The van der Waals surface area contributed by atoms with Gasteiger partial charge in [-0.1, -0.05) is 101 Å². The topological polar surface area (TPSA) is 405 Å². The average Bonchev–Trinajstić information content (AvgIpc) is 1.61. The van der Waals surface area contributed by atoms with Crippen molar-refractivity contribution in [2.75, 3.05) is 83.6 Å². The van der Waals surface area contributed by atoms with Crippen molar-refractivity contribution >= 4 is 85.9 Å². The first-order valence-electron chi connectivity index (χ1n) is 44.4. The largest absolute Gasteiger partial charge is 0.507 e. The molecule has 10 N–H and O–H groups in total. The van der Waals surface area contributed by atoms with Crippen molar-refractivity contribution in [3.8, 4) is 60.8 Å². The zero-order valence-corrected chi connectivity index (χ0v) is 74.8. The van der Waals surface area contributed by atoms with Crippen molar-refractivity contribution in [1.29, 1.82) is 0 Å². The van der Waals surface area contributed by atoms with Crippen LogP contribution in [0.2, 0.25) is 0 Å². The maximum absolute atomic E-state index is 14.7.